The molecular weight excluding hydrogens is 252 g/mol. The van der Waals surface area contributed by atoms with Crippen molar-refractivity contribution in [2.75, 3.05) is 26.7 Å². The minimum atomic E-state index is -0.253. The first-order chi connectivity index (χ1) is 9.79. The summed E-state index contributed by atoms with van der Waals surface area (Å²) in [6, 6.07) is 9.81. The van der Waals surface area contributed by atoms with E-state index in [0.29, 0.717) is 12.3 Å². The van der Waals surface area contributed by atoms with E-state index < -0.39 is 0 Å². The number of methoxy groups -OCH3 is 1. The lowest BCUT2D eigenvalue weighted by Gasteiger charge is -2.25. The topological polar surface area (TPSA) is 50.4 Å². The molecule has 110 valence electrons. The van der Waals surface area contributed by atoms with Gasteiger partial charge in [-0.2, -0.15) is 0 Å². The molecule has 0 aliphatic carbocycles. The predicted molar refractivity (Wildman–Crippen MR) is 79.5 cm³/mol. The molecule has 1 atom stereocenters. The smallest absolute Gasteiger partial charge is 0.323 e. The van der Waals surface area contributed by atoms with E-state index in [4.69, 9.17) is 4.74 Å². The van der Waals surface area contributed by atoms with E-state index in [9.17, 15) is 4.79 Å². The first-order valence-corrected chi connectivity index (χ1v) is 7.35. The second-order valence-corrected chi connectivity index (χ2v) is 5.37. The summed E-state index contributed by atoms with van der Waals surface area (Å²) in [7, 11) is 1.45. The molecule has 0 radical (unpaired) electrons. The van der Waals surface area contributed by atoms with E-state index in [-0.39, 0.29) is 12.0 Å². The van der Waals surface area contributed by atoms with Crippen LogP contribution >= 0.6 is 0 Å². The number of hydrogen-bond acceptors (Lipinski definition) is 4. The molecule has 0 spiro atoms. The van der Waals surface area contributed by atoms with Gasteiger partial charge in [0.2, 0.25) is 0 Å². The van der Waals surface area contributed by atoms with Crippen molar-refractivity contribution in [1.82, 2.24) is 10.6 Å². The molecule has 20 heavy (non-hydrogen) atoms. The molecular formula is C16H24N2O2. The molecule has 1 aromatic carbocycles. The first kappa shape index (κ1) is 15.0. The van der Waals surface area contributed by atoms with Crippen LogP contribution in [0.5, 0.6) is 0 Å². The highest BCUT2D eigenvalue weighted by molar-refractivity contribution is 5.76. The number of carbonyl (C=O) groups excluding carboxylic acids is 1. The van der Waals surface area contributed by atoms with Gasteiger partial charge < -0.3 is 15.4 Å². The molecule has 4 nitrogen and oxygen atoms in total. The van der Waals surface area contributed by atoms with Crippen molar-refractivity contribution in [1.29, 1.82) is 0 Å². The highest BCUT2D eigenvalue weighted by Gasteiger charge is 2.21. The van der Waals surface area contributed by atoms with Crippen LogP contribution in [0.4, 0.5) is 0 Å². The molecule has 1 unspecified atom stereocenters. The van der Waals surface area contributed by atoms with Crippen LogP contribution in [0.2, 0.25) is 0 Å². The largest absolute Gasteiger partial charge is 0.468 e. The van der Waals surface area contributed by atoms with Crippen LogP contribution in [-0.2, 0) is 16.0 Å². The van der Waals surface area contributed by atoms with Crippen LogP contribution in [0.15, 0.2) is 30.3 Å². The molecule has 0 aromatic heterocycles. The number of rotatable bonds is 6. The number of benzene rings is 1. The van der Waals surface area contributed by atoms with Crippen molar-refractivity contribution in [2.45, 2.75) is 25.3 Å². The number of hydrogen-bond donors (Lipinski definition) is 2. The van der Waals surface area contributed by atoms with E-state index in [2.05, 4.69) is 10.6 Å². The fraction of sp³-hybridized carbons (Fsp3) is 0.562. The molecule has 1 heterocycles. The molecule has 0 amide bonds. The van der Waals surface area contributed by atoms with Crippen molar-refractivity contribution in [3.05, 3.63) is 35.9 Å². The van der Waals surface area contributed by atoms with E-state index in [1.54, 1.807) is 0 Å². The molecule has 1 aliphatic rings. The zero-order chi connectivity index (χ0) is 14.2. The van der Waals surface area contributed by atoms with Crippen LogP contribution in [0.25, 0.3) is 0 Å². The SMILES string of the molecule is COC(=O)C(Cc1ccccc1)NCC1CCNCC1. The van der Waals surface area contributed by atoms with Gasteiger partial charge in [0, 0.05) is 0 Å². The van der Waals surface area contributed by atoms with Crippen molar-refractivity contribution < 1.29 is 9.53 Å². The highest BCUT2D eigenvalue weighted by Crippen LogP contribution is 2.11. The Hall–Kier alpha value is -1.39. The van der Waals surface area contributed by atoms with Gasteiger partial charge in [0.1, 0.15) is 6.04 Å². The monoisotopic (exact) mass is 276 g/mol. The Morgan fingerprint density at radius 1 is 1.35 bits per heavy atom. The molecule has 1 aliphatic heterocycles. The maximum Gasteiger partial charge on any atom is 0.323 e. The van der Waals surface area contributed by atoms with Crippen molar-refractivity contribution in [3.8, 4) is 0 Å². The summed E-state index contributed by atoms with van der Waals surface area (Å²) in [5, 5.41) is 6.74. The average molecular weight is 276 g/mol. The second kappa shape index (κ2) is 8.02. The third-order valence-corrected chi connectivity index (χ3v) is 3.88. The lowest BCUT2D eigenvalue weighted by atomic mass is 9.97. The summed E-state index contributed by atoms with van der Waals surface area (Å²) >= 11 is 0. The highest BCUT2D eigenvalue weighted by atomic mass is 16.5. The lowest BCUT2D eigenvalue weighted by molar-refractivity contribution is -0.143. The van der Waals surface area contributed by atoms with Gasteiger partial charge in [0.05, 0.1) is 7.11 Å². The number of carbonyl (C=O) groups is 1. The molecule has 4 heteroatoms. The Labute approximate surface area is 120 Å². The summed E-state index contributed by atoms with van der Waals surface area (Å²) in [6.45, 7) is 3.04. The second-order valence-electron chi connectivity index (χ2n) is 5.37. The summed E-state index contributed by atoms with van der Waals surface area (Å²) in [5.41, 5.74) is 1.15. The fourth-order valence-corrected chi connectivity index (χ4v) is 2.63. The maximum atomic E-state index is 11.9. The van der Waals surface area contributed by atoms with Crippen LogP contribution in [0.1, 0.15) is 18.4 Å². The van der Waals surface area contributed by atoms with E-state index in [1.165, 1.54) is 20.0 Å². The van der Waals surface area contributed by atoms with Gasteiger partial charge in [0.25, 0.3) is 0 Å². The Morgan fingerprint density at radius 2 is 2.05 bits per heavy atom. The van der Waals surface area contributed by atoms with Gasteiger partial charge >= 0.3 is 5.97 Å². The Balaban J connectivity index is 1.88. The van der Waals surface area contributed by atoms with Gasteiger partial charge in [-0.1, -0.05) is 30.3 Å². The summed E-state index contributed by atoms with van der Waals surface area (Å²) in [5.74, 6) is 0.474. The molecule has 1 fully saturated rings. The minimum Gasteiger partial charge on any atom is -0.468 e. The Bertz CT molecular complexity index is 402. The van der Waals surface area contributed by atoms with Gasteiger partial charge in [-0.15, -0.1) is 0 Å². The van der Waals surface area contributed by atoms with Crippen molar-refractivity contribution in [3.63, 3.8) is 0 Å². The molecule has 0 saturated carbocycles. The zero-order valence-corrected chi connectivity index (χ0v) is 12.1. The van der Waals surface area contributed by atoms with Crippen molar-refractivity contribution >= 4 is 5.97 Å². The molecule has 2 N–H and O–H groups in total. The summed E-state index contributed by atoms with van der Waals surface area (Å²) < 4.78 is 4.91. The lowest BCUT2D eigenvalue weighted by Crippen LogP contribution is -2.43. The fourth-order valence-electron chi connectivity index (χ4n) is 2.63. The average Bonchev–Trinajstić information content (AvgIpc) is 2.52. The van der Waals surface area contributed by atoms with Crippen LogP contribution in [-0.4, -0.2) is 38.8 Å². The number of piperidine rings is 1. The molecule has 1 aromatic rings. The number of nitrogens with one attached hydrogen (secondary N) is 2. The minimum absolute atomic E-state index is 0.178. The van der Waals surface area contributed by atoms with Gasteiger partial charge in [-0.05, 0) is 50.4 Å². The standard InChI is InChI=1S/C16H24N2O2/c1-20-16(19)15(11-13-5-3-2-4-6-13)18-12-14-7-9-17-10-8-14/h2-6,14-15,17-18H,7-12H2,1H3. The Kier molecular flexibility index (Phi) is 6.02. The zero-order valence-electron chi connectivity index (χ0n) is 12.1. The normalized spacial score (nSPS) is 17.6. The van der Waals surface area contributed by atoms with Gasteiger partial charge in [-0.3, -0.25) is 4.79 Å². The molecule has 2 rings (SSSR count). The van der Waals surface area contributed by atoms with Crippen LogP contribution in [0, 0.1) is 5.92 Å². The third-order valence-electron chi connectivity index (χ3n) is 3.88. The number of esters is 1. The van der Waals surface area contributed by atoms with Crippen LogP contribution < -0.4 is 10.6 Å². The quantitative estimate of drug-likeness (QED) is 0.770. The maximum absolute atomic E-state index is 11.9. The first-order valence-electron chi connectivity index (χ1n) is 7.35. The van der Waals surface area contributed by atoms with Gasteiger partial charge in [0.15, 0.2) is 0 Å². The van der Waals surface area contributed by atoms with E-state index in [0.717, 1.165) is 25.2 Å². The molecule has 1 saturated heterocycles. The van der Waals surface area contributed by atoms with Gasteiger partial charge in [-0.25, -0.2) is 0 Å². The number of ether oxygens (including phenoxy) is 1. The van der Waals surface area contributed by atoms with E-state index >= 15 is 0 Å². The summed E-state index contributed by atoms with van der Waals surface area (Å²) in [6.07, 6.45) is 3.02. The van der Waals surface area contributed by atoms with Crippen molar-refractivity contribution in [2.24, 2.45) is 5.92 Å². The molecule has 0 bridgehead atoms. The van der Waals surface area contributed by atoms with E-state index in [1.807, 2.05) is 30.3 Å². The Morgan fingerprint density at radius 3 is 2.70 bits per heavy atom. The van der Waals surface area contributed by atoms with Crippen LogP contribution in [0.3, 0.4) is 0 Å². The third kappa shape index (κ3) is 4.62. The summed E-state index contributed by atoms with van der Waals surface area (Å²) in [4.78, 5) is 11.9. The predicted octanol–water partition coefficient (Wildman–Crippen LogP) is 1.36.